The zero-order valence-electron chi connectivity index (χ0n) is 20.4. The molecule has 4 aliphatic rings. The van der Waals surface area contributed by atoms with Gasteiger partial charge in [0.1, 0.15) is 9.92 Å². The lowest BCUT2D eigenvalue weighted by atomic mass is 9.45. The molecule has 0 aromatic carbocycles. The third-order valence-electron chi connectivity index (χ3n) is 9.86. The molecule has 0 saturated heterocycles. The number of fused-ring (bicyclic) bond motifs is 5. The fourth-order valence-electron chi connectivity index (χ4n) is 7.97. The largest absolute Gasteiger partial charge is 0.393 e. The van der Waals surface area contributed by atoms with Crippen molar-refractivity contribution in [2.75, 3.05) is 18.8 Å². The zero-order chi connectivity index (χ0) is 24.2. The van der Waals surface area contributed by atoms with Gasteiger partial charge in [0, 0.05) is 24.9 Å². The molecule has 7 heteroatoms. The van der Waals surface area contributed by atoms with E-state index in [1.54, 1.807) is 0 Å². The molecule has 3 fully saturated rings. The van der Waals surface area contributed by atoms with Gasteiger partial charge in [0.05, 0.1) is 11.9 Å². The fourth-order valence-corrected chi connectivity index (χ4v) is 9.34. The molecule has 0 bridgehead atoms. The van der Waals surface area contributed by atoms with Crippen LogP contribution in [0.3, 0.4) is 0 Å². The van der Waals surface area contributed by atoms with E-state index in [1.165, 1.54) is 17.3 Å². The van der Waals surface area contributed by atoms with Gasteiger partial charge in [-0.1, -0.05) is 43.4 Å². The number of aliphatic hydroxyl groups excluding tert-OH is 1. The second kappa shape index (κ2) is 9.03. The van der Waals surface area contributed by atoms with E-state index < -0.39 is 17.1 Å². The lowest BCUT2D eigenvalue weighted by molar-refractivity contribution is -0.178. The Morgan fingerprint density at radius 2 is 1.91 bits per heavy atom. The van der Waals surface area contributed by atoms with Crippen molar-refractivity contribution < 1.29 is 19.8 Å². The summed E-state index contributed by atoms with van der Waals surface area (Å²) in [7, 11) is 0. The number of thiocarbonyl (C=S) groups is 1. The highest BCUT2D eigenvalue weighted by molar-refractivity contribution is 8.23. The van der Waals surface area contributed by atoms with Crippen molar-refractivity contribution >= 4 is 39.9 Å². The van der Waals surface area contributed by atoms with Crippen LogP contribution in [-0.4, -0.2) is 61.5 Å². The summed E-state index contributed by atoms with van der Waals surface area (Å²) in [6, 6.07) is 0. The number of aliphatic hydroxyl groups is 2. The van der Waals surface area contributed by atoms with Gasteiger partial charge in [-0.15, -0.1) is 0 Å². The molecule has 5 nitrogen and oxygen atoms in total. The molecule has 0 radical (unpaired) electrons. The number of thioether (sulfide) groups is 1. The van der Waals surface area contributed by atoms with Crippen molar-refractivity contribution in [3.05, 3.63) is 11.6 Å². The summed E-state index contributed by atoms with van der Waals surface area (Å²) in [6.07, 6.45) is 6.09. The minimum atomic E-state index is -1.42. The van der Waals surface area contributed by atoms with Crippen LogP contribution in [0.4, 0.5) is 0 Å². The summed E-state index contributed by atoms with van der Waals surface area (Å²) in [5, 5.41) is 23.3. The summed E-state index contributed by atoms with van der Waals surface area (Å²) in [6.45, 7) is 9.95. The van der Waals surface area contributed by atoms with Gasteiger partial charge < -0.3 is 15.1 Å². The van der Waals surface area contributed by atoms with Crippen LogP contribution in [0.5, 0.6) is 0 Å². The quantitative estimate of drug-likeness (QED) is 0.557. The molecule has 0 aliphatic heterocycles. The molecular formula is C26H39NO4S2. The minimum absolute atomic E-state index is 0.0887. The van der Waals surface area contributed by atoms with Gasteiger partial charge in [0.25, 0.3) is 0 Å². The van der Waals surface area contributed by atoms with E-state index in [9.17, 15) is 19.8 Å². The molecule has 4 rings (SSSR count). The molecule has 0 amide bonds. The van der Waals surface area contributed by atoms with Crippen molar-refractivity contribution in [3.8, 4) is 0 Å². The second-order valence-corrected chi connectivity index (χ2v) is 12.7. The third-order valence-corrected chi connectivity index (χ3v) is 11.4. The lowest BCUT2D eigenvalue weighted by Gasteiger charge is -2.60. The Hall–Kier alpha value is -0.760. The summed E-state index contributed by atoms with van der Waals surface area (Å²) >= 11 is 6.85. The first-order chi connectivity index (χ1) is 15.5. The van der Waals surface area contributed by atoms with Crippen LogP contribution in [-0.2, 0) is 9.59 Å². The first-order valence-corrected chi connectivity index (χ1v) is 14.0. The van der Waals surface area contributed by atoms with Crippen molar-refractivity contribution in [2.45, 2.75) is 84.3 Å². The first-order valence-electron chi connectivity index (χ1n) is 12.6. The smallest absolute Gasteiger partial charge is 0.175 e. The number of carbonyl (C=O) groups is 2. The van der Waals surface area contributed by atoms with Gasteiger partial charge in [0.2, 0.25) is 0 Å². The highest BCUT2D eigenvalue weighted by atomic mass is 32.2. The zero-order valence-corrected chi connectivity index (χ0v) is 22.1. The molecule has 7 atom stereocenters. The second-order valence-electron chi connectivity index (χ2n) is 11.1. The number of allylic oxidation sites excluding steroid dienone is 1. The van der Waals surface area contributed by atoms with Gasteiger partial charge >= 0.3 is 0 Å². The number of nitrogens with zero attached hydrogens (tertiary/aromatic N) is 1. The Kier molecular flexibility index (Phi) is 6.93. The number of carbonyl (C=O) groups excluding carboxylic acids is 2. The van der Waals surface area contributed by atoms with Crippen LogP contribution in [0.25, 0.3) is 0 Å². The maximum atomic E-state index is 13.4. The van der Waals surface area contributed by atoms with Crippen molar-refractivity contribution in [3.63, 3.8) is 0 Å². The Morgan fingerprint density at radius 1 is 1.21 bits per heavy atom. The van der Waals surface area contributed by atoms with E-state index in [1.807, 2.05) is 31.7 Å². The lowest BCUT2D eigenvalue weighted by Crippen LogP contribution is -2.62. The van der Waals surface area contributed by atoms with Crippen molar-refractivity contribution in [1.29, 1.82) is 0 Å². The summed E-state index contributed by atoms with van der Waals surface area (Å²) in [4.78, 5) is 27.6. The Labute approximate surface area is 207 Å². The monoisotopic (exact) mass is 493 g/mol. The molecule has 3 saturated carbocycles. The van der Waals surface area contributed by atoms with E-state index in [0.717, 1.165) is 38.8 Å². The topological polar surface area (TPSA) is 77.8 Å². The Morgan fingerprint density at radius 3 is 2.58 bits per heavy atom. The van der Waals surface area contributed by atoms with Crippen LogP contribution >= 0.6 is 24.0 Å². The average Bonchev–Trinajstić information content (AvgIpc) is 3.04. The molecule has 0 aromatic rings. The number of Topliss-reactive ketones (excluding diaryl/α,β-unsaturated/α-hetero) is 1. The Bertz CT molecular complexity index is 870. The van der Waals surface area contributed by atoms with Gasteiger partial charge in [-0.05, 0) is 81.6 Å². The predicted molar refractivity (Wildman–Crippen MR) is 136 cm³/mol. The molecule has 33 heavy (non-hydrogen) atoms. The standard InChI is InChI=1S/C26H39NO4S2/c1-5-27(6-2)23(32)33-15-21(30)26(31)12-10-19-18-8-7-16-13-17(28)9-11-24(16,3)22(18)20(29)14-25(19,26)4/h13,18-20,22,29,31H,5-12,14-15H2,1-4H3/t18-,19+,20-,22-,24-,25-,26-/m0/s1. The molecule has 2 N–H and O–H groups in total. The molecule has 0 unspecified atom stereocenters. The molecule has 0 aromatic heterocycles. The SMILES string of the molecule is CCN(CC)C(=S)SCC(=O)[C@@]1(O)CC[C@@H]2[C@@H]3CCC4=CC(=O)CC[C@]4(C)[C@@H]3[C@@H](O)C[C@@]21C. The van der Waals surface area contributed by atoms with Gasteiger partial charge in [-0.2, -0.15) is 0 Å². The van der Waals surface area contributed by atoms with Gasteiger partial charge in [-0.25, -0.2) is 0 Å². The maximum Gasteiger partial charge on any atom is 0.175 e. The third kappa shape index (κ3) is 3.85. The van der Waals surface area contributed by atoms with Crippen LogP contribution < -0.4 is 0 Å². The number of hydrogen-bond donors (Lipinski definition) is 2. The minimum Gasteiger partial charge on any atom is -0.393 e. The van der Waals surface area contributed by atoms with E-state index in [-0.39, 0.29) is 40.5 Å². The summed E-state index contributed by atoms with van der Waals surface area (Å²) in [5.41, 5.74) is -1.01. The predicted octanol–water partition coefficient (Wildman–Crippen LogP) is 4.15. The summed E-state index contributed by atoms with van der Waals surface area (Å²) < 4.78 is 0.701. The Balaban J connectivity index is 1.56. The average molecular weight is 494 g/mol. The fraction of sp³-hybridized carbons (Fsp3) is 0.808. The first kappa shape index (κ1) is 25.3. The molecule has 184 valence electrons. The van der Waals surface area contributed by atoms with E-state index >= 15 is 0 Å². The van der Waals surface area contributed by atoms with Gasteiger partial charge in [-0.3, -0.25) is 9.59 Å². The van der Waals surface area contributed by atoms with Crippen LogP contribution in [0.1, 0.15) is 72.6 Å². The number of hydrogen-bond acceptors (Lipinski definition) is 6. The molecule has 0 heterocycles. The number of rotatable bonds is 5. The highest BCUT2D eigenvalue weighted by Crippen LogP contribution is 2.67. The van der Waals surface area contributed by atoms with Crippen molar-refractivity contribution in [1.82, 2.24) is 4.90 Å². The van der Waals surface area contributed by atoms with Crippen LogP contribution in [0.15, 0.2) is 11.6 Å². The normalized spacial score (nSPS) is 42.1. The molecule has 4 aliphatic carbocycles. The van der Waals surface area contributed by atoms with E-state index in [0.29, 0.717) is 23.6 Å². The van der Waals surface area contributed by atoms with Crippen LogP contribution in [0, 0.1) is 28.6 Å². The van der Waals surface area contributed by atoms with Gasteiger partial charge in [0.15, 0.2) is 11.6 Å². The highest BCUT2D eigenvalue weighted by Gasteiger charge is 2.68. The molecule has 0 spiro atoms. The van der Waals surface area contributed by atoms with Crippen molar-refractivity contribution in [2.24, 2.45) is 28.6 Å². The number of ketones is 2. The maximum absolute atomic E-state index is 13.4. The van der Waals surface area contributed by atoms with Crippen LogP contribution in [0.2, 0.25) is 0 Å². The van der Waals surface area contributed by atoms with E-state index in [2.05, 4.69) is 6.92 Å². The summed E-state index contributed by atoms with van der Waals surface area (Å²) in [5.74, 6) is 0.785. The molecular weight excluding hydrogens is 454 g/mol. The van der Waals surface area contributed by atoms with E-state index in [4.69, 9.17) is 12.2 Å².